The molecule has 0 fully saturated rings. The van der Waals surface area contributed by atoms with E-state index >= 15 is 0 Å². The Morgan fingerprint density at radius 1 is 1.08 bits per heavy atom. The second kappa shape index (κ2) is 8.50. The Hall–Kier alpha value is -1.58. The van der Waals surface area contributed by atoms with E-state index in [1.54, 1.807) is 23.1 Å². The highest BCUT2D eigenvalue weighted by atomic mass is 32.2. The normalized spacial score (nSPS) is 10.8. The summed E-state index contributed by atoms with van der Waals surface area (Å²) < 4.78 is 1.24. The van der Waals surface area contributed by atoms with Crippen molar-refractivity contribution in [1.29, 1.82) is 0 Å². The number of nitro groups is 2. The lowest BCUT2D eigenvalue weighted by Gasteiger charge is -2.04. The van der Waals surface area contributed by atoms with Gasteiger partial charge in [0.2, 0.25) is 0 Å². The van der Waals surface area contributed by atoms with Gasteiger partial charge in [-0.15, -0.1) is 34.9 Å². The van der Waals surface area contributed by atoms with Gasteiger partial charge in [-0.05, 0) is 29.9 Å². The van der Waals surface area contributed by atoms with Crippen molar-refractivity contribution in [3.8, 4) is 0 Å². The first-order valence-corrected chi connectivity index (χ1v) is 10.0. The number of hydrogen-bond donors (Lipinski definition) is 0. The highest BCUT2D eigenvalue weighted by Crippen LogP contribution is 2.39. The van der Waals surface area contributed by atoms with Crippen LogP contribution >= 0.6 is 34.9 Å². The van der Waals surface area contributed by atoms with E-state index in [0.717, 1.165) is 18.2 Å². The molecule has 128 valence electrons. The SMILES string of the molecule is CCSc1sc(CC)cc1CSc1ccc([N+](=O)[O-])cc1[N+](=O)[O-]. The average molecular weight is 385 g/mol. The van der Waals surface area contributed by atoms with Crippen LogP contribution in [0.2, 0.25) is 0 Å². The summed E-state index contributed by atoms with van der Waals surface area (Å²) in [7, 11) is 0. The van der Waals surface area contributed by atoms with Crippen LogP contribution in [0.15, 0.2) is 33.4 Å². The number of hydrogen-bond acceptors (Lipinski definition) is 7. The fraction of sp³-hybridized carbons (Fsp3) is 0.333. The third-order valence-electron chi connectivity index (χ3n) is 3.18. The molecule has 2 aromatic rings. The fourth-order valence-electron chi connectivity index (χ4n) is 2.03. The summed E-state index contributed by atoms with van der Waals surface area (Å²) in [5.74, 6) is 1.58. The van der Waals surface area contributed by atoms with Gasteiger partial charge in [0, 0.05) is 16.7 Å². The van der Waals surface area contributed by atoms with Crippen LogP contribution in [0.3, 0.4) is 0 Å². The monoisotopic (exact) mass is 384 g/mol. The zero-order valence-corrected chi connectivity index (χ0v) is 15.6. The lowest BCUT2D eigenvalue weighted by molar-refractivity contribution is -0.396. The number of benzene rings is 1. The van der Waals surface area contributed by atoms with Crippen LogP contribution in [0.4, 0.5) is 11.4 Å². The molecule has 9 heteroatoms. The van der Waals surface area contributed by atoms with Crippen LogP contribution in [0.5, 0.6) is 0 Å². The zero-order chi connectivity index (χ0) is 17.7. The van der Waals surface area contributed by atoms with Crippen molar-refractivity contribution in [2.75, 3.05) is 5.75 Å². The Bertz CT molecular complexity index is 761. The highest BCUT2D eigenvalue weighted by Gasteiger charge is 2.20. The van der Waals surface area contributed by atoms with Gasteiger partial charge >= 0.3 is 0 Å². The van der Waals surface area contributed by atoms with Crippen molar-refractivity contribution < 1.29 is 9.85 Å². The third-order valence-corrected chi connectivity index (χ3v) is 6.82. The van der Waals surface area contributed by atoms with Crippen molar-refractivity contribution in [2.45, 2.75) is 35.1 Å². The minimum atomic E-state index is -0.621. The lowest BCUT2D eigenvalue weighted by Crippen LogP contribution is -1.94. The molecule has 0 radical (unpaired) electrons. The maximum absolute atomic E-state index is 11.2. The molecule has 0 spiro atoms. The second-order valence-corrected chi connectivity index (χ2v) is 8.45. The van der Waals surface area contributed by atoms with Gasteiger partial charge in [0.1, 0.15) is 0 Å². The molecule has 0 aliphatic heterocycles. The molecule has 0 aliphatic carbocycles. The minimum absolute atomic E-state index is 0.218. The molecule has 1 aromatic carbocycles. The Morgan fingerprint density at radius 2 is 1.83 bits per heavy atom. The van der Waals surface area contributed by atoms with Gasteiger partial charge in [-0.3, -0.25) is 20.2 Å². The van der Waals surface area contributed by atoms with Gasteiger partial charge in [-0.2, -0.15) is 0 Å². The predicted octanol–water partition coefficient (Wildman–Crippen LogP) is 5.53. The molecule has 24 heavy (non-hydrogen) atoms. The summed E-state index contributed by atoms with van der Waals surface area (Å²) in [5, 5.41) is 22.0. The van der Waals surface area contributed by atoms with E-state index in [-0.39, 0.29) is 11.4 Å². The first-order chi connectivity index (χ1) is 11.5. The average Bonchev–Trinajstić information content (AvgIpc) is 2.95. The topological polar surface area (TPSA) is 86.3 Å². The molecule has 0 aliphatic rings. The first kappa shape index (κ1) is 18.8. The highest BCUT2D eigenvalue weighted by molar-refractivity contribution is 8.01. The minimum Gasteiger partial charge on any atom is -0.258 e. The van der Waals surface area contributed by atoms with Gasteiger partial charge in [0.05, 0.1) is 25.0 Å². The Labute approximate surface area is 152 Å². The molecule has 0 saturated heterocycles. The summed E-state index contributed by atoms with van der Waals surface area (Å²) in [5.41, 5.74) is 0.684. The summed E-state index contributed by atoms with van der Waals surface area (Å²) in [4.78, 5) is 22.5. The zero-order valence-electron chi connectivity index (χ0n) is 13.2. The Morgan fingerprint density at radius 3 is 2.42 bits per heavy atom. The summed E-state index contributed by atoms with van der Waals surface area (Å²) in [6.07, 6.45) is 0.963. The van der Waals surface area contributed by atoms with Crippen molar-refractivity contribution >= 4 is 46.2 Å². The smallest absolute Gasteiger partial charge is 0.258 e. The van der Waals surface area contributed by atoms with E-state index in [2.05, 4.69) is 19.9 Å². The van der Waals surface area contributed by atoms with Gasteiger partial charge < -0.3 is 0 Å². The van der Waals surface area contributed by atoms with Crippen LogP contribution in [-0.2, 0) is 12.2 Å². The fourth-order valence-corrected chi connectivity index (χ4v) is 5.54. The lowest BCUT2D eigenvalue weighted by atomic mass is 10.3. The first-order valence-electron chi connectivity index (χ1n) is 7.26. The molecule has 0 unspecified atom stereocenters. The molecule has 0 bridgehead atoms. The molecule has 2 rings (SSSR count). The molecule has 0 saturated carbocycles. The van der Waals surface area contributed by atoms with Crippen LogP contribution in [0, 0.1) is 20.2 Å². The van der Waals surface area contributed by atoms with E-state index in [1.165, 1.54) is 38.5 Å². The van der Waals surface area contributed by atoms with Crippen LogP contribution < -0.4 is 0 Å². The number of non-ortho nitro benzene ring substituents is 1. The van der Waals surface area contributed by atoms with E-state index in [0.29, 0.717) is 10.6 Å². The summed E-state index contributed by atoms with van der Waals surface area (Å²) in [6.45, 7) is 4.19. The van der Waals surface area contributed by atoms with E-state index in [4.69, 9.17) is 0 Å². The summed E-state index contributed by atoms with van der Waals surface area (Å²) in [6, 6.07) is 5.94. The van der Waals surface area contributed by atoms with E-state index in [1.807, 2.05) is 0 Å². The molecule has 0 amide bonds. The molecule has 1 heterocycles. The van der Waals surface area contributed by atoms with Crippen molar-refractivity contribution in [1.82, 2.24) is 0 Å². The predicted molar refractivity (Wildman–Crippen MR) is 99.4 cm³/mol. The van der Waals surface area contributed by atoms with Crippen molar-refractivity contribution in [3.63, 3.8) is 0 Å². The number of nitro benzene ring substituents is 2. The molecule has 0 N–H and O–H groups in total. The van der Waals surface area contributed by atoms with E-state index in [9.17, 15) is 20.2 Å². The van der Waals surface area contributed by atoms with Gasteiger partial charge in [-0.25, -0.2) is 0 Å². The maximum Gasteiger partial charge on any atom is 0.289 e. The largest absolute Gasteiger partial charge is 0.289 e. The number of nitrogens with zero attached hydrogens (tertiary/aromatic N) is 2. The molecule has 1 aromatic heterocycles. The molecular weight excluding hydrogens is 368 g/mol. The van der Waals surface area contributed by atoms with E-state index < -0.39 is 9.85 Å². The number of thioether (sulfide) groups is 2. The van der Waals surface area contributed by atoms with Crippen LogP contribution in [-0.4, -0.2) is 15.6 Å². The van der Waals surface area contributed by atoms with Gasteiger partial charge in [-0.1, -0.05) is 13.8 Å². The number of rotatable bonds is 8. The standard InChI is InChI=1S/C15H16N2O4S3/c1-3-12-7-10(15(24-12)22-4-2)9-23-14-6-5-11(16(18)19)8-13(14)17(20)21/h5-8H,3-4,9H2,1-2H3. The van der Waals surface area contributed by atoms with Crippen molar-refractivity contribution in [3.05, 3.63) is 54.9 Å². The van der Waals surface area contributed by atoms with Crippen LogP contribution in [0.1, 0.15) is 24.3 Å². The van der Waals surface area contributed by atoms with Crippen molar-refractivity contribution in [2.24, 2.45) is 0 Å². The molecule has 0 atom stereocenters. The summed E-state index contributed by atoms with van der Waals surface area (Å²) >= 11 is 4.88. The van der Waals surface area contributed by atoms with Crippen LogP contribution in [0.25, 0.3) is 0 Å². The molecular formula is C15H16N2O4S3. The Kier molecular flexibility index (Phi) is 6.64. The number of aryl methyl sites for hydroxylation is 1. The second-order valence-electron chi connectivity index (χ2n) is 4.77. The van der Waals surface area contributed by atoms with Gasteiger partial charge in [0.15, 0.2) is 0 Å². The quantitative estimate of drug-likeness (QED) is 0.338. The maximum atomic E-state index is 11.2. The van der Waals surface area contributed by atoms with Gasteiger partial charge in [0.25, 0.3) is 11.4 Å². The Balaban J connectivity index is 2.24. The molecule has 6 nitrogen and oxygen atoms in total. The third kappa shape index (κ3) is 4.49. The number of thiophene rings is 1.